The number of anilines is 1. The van der Waals surface area contributed by atoms with E-state index in [9.17, 15) is 17.4 Å². The van der Waals surface area contributed by atoms with Gasteiger partial charge in [-0.15, -0.1) is 21.5 Å². The molecule has 0 bridgehead atoms. The summed E-state index contributed by atoms with van der Waals surface area (Å²) in [4.78, 5) is 4.21. The molecule has 0 spiro atoms. The second-order valence-electron chi connectivity index (χ2n) is 6.02. The zero-order valence-corrected chi connectivity index (χ0v) is 16.5. The van der Waals surface area contributed by atoms with E-state index in [-0.39, 0.29) is 23.6 Å². The fourth-order valence-corrected chi connectivity index (χ4v) is 4.17. The minimum Gasteiger partial charge on any atom is -0.415 e. The highest BCUT2D eigenvalue weighted by Gasteiger charge is 2.19. The summed E-state index contributed by atoms with van der Waals surface area (Å²) in [5, 5.41) is 6.75. The van der Waals surface area contributed by atoms with Crippen LogP contribution in [-0.4, -0.2) is 25.6 Å². The number of fused-ring (bicyclic) bond motifs is 1. The Morgan fingerprint density at radius 2 is 2.03 bits per heavy atom. The third kappa shape index (κ3) is 4.01. The molecule has 4 rings (SSSR count). The van der Waals surface area contributed by atoms with Gasteiger partial charge in [0.15, 0.2) is 0 Å². The third-order valence-electron chi connectivity index (χ3n) is 4.15. The van der Waals surface area contributed by atoms with E-state index >= 15 is 0 Å². The van der Waals surface area contributed by atoms with Gasteiger partial charge in [-0.2, -0.15) is 8.78 Å². The zero-order valence-electron chi connectivity index (χ0n) is 14.9. The van der Waals surface area contributed by atoms with Crippen LogP contribution in [0.15, 0.2) is 46.3 Å². The molecule has 0 fully saturated rings. The van der Waals surface area contributed by atoms with Gasteiger partial charge in [0.25, 0.3) is 5.89 Å². The van der Waals surface area contributed by atoms with Crippen LogP contribution in [0, 0.1) is 5.82 Å². The molecule has 0 aliphatic carbocycles. The molecular formula is C18H13F3N4O2S2. The van der Waals surface area contributed by atoms with E-state index in [1.807, 2.05) is 12.1 Å². The van der Waals surface area contributed by atoms with Crippen LogP contribution >= 0.6 is 11.3 Å². The van der Waals surface area contributed by atoms with Crippen molar-refractivity contribution in [3.63, 3.8) is 0 Å². The monoisotopic (exact) mass is 438 g/mol. The SMILES string of the molecule is CS(=O)N(Cc1ccc(-c2nnc(C(F)F)o2)cc1F)c1ccc2ncsc2c1. The highest BCUT2D eigenvalue weighted by atomic mass is 32.2. The molecule has 4 aromatic rings. The maximum Gasteiger partial charge on any atom is 0.314 e. The van der Waals surface area contributed by atoms with Crippen molar-refractivity contribution in [2.24, 2.45) is 0 Å². The summed E-state index contributed by atoms with van der Waals surface area (Å²) in [6, 6.07) is 9.54. The lowest BCUT2D eigenvalue weighted by Crippen LogP contribution is -2.24. The van der Waals surface area contributed by atoms with Gasteiger partial charge in [-0.3, -0.25) is 4.31 Å². The lowest BCUT2D eigenvalue weighted by Gasteiger charge is -2.22. The first-order chi connectivity index (χ1) is 13.9. The molecule has 1 unspecified atom stereocenters. The number of nitrogens with zero attached hydrogens (tertiary/aromatic N) is 4. The van der Waals surface area contributed by atoms with E-state index < -0.39 is 29.1 Å². The topological polar surface area (TPSA) is 72.1 Å². The van der Waals surface area contributed by atoms with Gasteiger partial charge in [-0.1, -0.05) is 6.07 Å². The fraction of sp³-hybridized carbons (Fsp3) is 0.167. The molecule has 2 heterocycles. The van der Waals surface area contributed by atoms with E-state index in [2.05, 4.69) is 15.2 Å². The Morgan fingerprint density at radius 1 is 1.21 bits per heavy atom. The van der Waals surface area contributed by atoms with Crippen molar-refractivity contribution in [2.75, 3.05) is 10.6 Å². The first-order valence-corrected chi connectivity index (χ1v) is 10.7. The van der Waals surface area contributed by atoms with Gasteiger partial charge in [-0.25, -0.2) is 13.6 Å². The maximum atomic E-state index is 14.7. The molecule has 0 amide bonds. The van der Waals surface area contributed by atoms with E-state index in [0.29, 0.717) is 5.69 Å². The van der Waals surface area contributed by atoms with Crippen molar-refractivity contribution in [1.82, 2.24) is 15.2 Å². The average Bonchev–Trinajstić information content (AvgIpc) is 3.35. The fourth-order valence-electron chi connectivity index (χ4n) is 2.73. The zero-order chi connectivity index (χ0) is 20.5. The summed E-state index contributed by atoms with van der Waals surface area (Å²) in [5.41, 5.74) is 3.68. The number of benzene rings is 2. The predicted molar refractivity (Wildman–Crippen MR) is 105 cm³/mol. The molecule has 6 nitrogen and oxygen atoms in total. The lowest BCUT2D eigenvalue weighted by molar-refractivity contribution is 0.116. The molecule has 2 aromatic heterocycles. The summed E-state index contributed by atoms with van der Waals surface area (Å²) in [5.74, 6) is -1.62. The van der Waals surface area contributed by atoms with Crippen LogP contribution in [-0.2, 0) is 17.5 Å². The molecule has 0 aliphatic rings. The first-order valence-electron chi connectivity index (χ1n) is 8.27. The van der Waals surface area contributed by atoms with E-state index in [4.69, 9.17) is 4.42 Å². The minimum atomic E-state index is -2.90. The predicted octanol–water partition coefficient (Wildman–Crippen LogP) is 4.72. The van der Waals surface area contributed by atoms with Gasteiger partial charge < -0.3 is 4.42 Å². The number of halogens is 3. The Morgan fingerprint density at radius 3 is 2.72 bits per heavy atom. The van der Waals surface area contributed by atoms with Crippen molar-refractivity contribution in [3.8, 4) is 11.5 Å². The van der Waals surface area contributed by atoms with Crippen LogP contribution in [0.2, 0.25) is 0 Å². The average molecular weight is 438 g/mol. The highest BCUT2D eigenvalue weighted by Crippen LogP contribution is 2.28. The Hall–Kier alpha value is -2.79. The van der Waals surface area contributed by atoms with Crippen molar-refractivity contribution < 1.29 is 21.8 Å². The smallest absolute Gasteiger partial charge is 0.314 e. The van der Waals surface area contributed by atoms with Gasteiger partial charge >= 0.3 is 6.43 Å². The van der Waals surface area contributed by atoms with E-state index in [1.54, 1.807) is 15.9 Å². The molecule has 0 aliphatic heterocycles. The van der Waals surface area contributed by atoms with Crippen LogP contribution in [0.1, 0.15) is 17.9 Å². The molecule has 1 atom stereocenters. The summed E-state index contributed by atoms with van der Waals surface area (Å²) < 4.78 is 59.5. The van der Waals surface area contributed by atoms with Crippen molar-refractivity contribution >= 4 is 38.2 Å². The number of hydrogen-bond donors (Lipinski definition) is 0. The van der Waals surface area contributed by atoms with Crippen LogP contribution in [0.3, 0.4) is 0 Å². The van der Waals surface area contributed by atoms with Crippen LogP contribution < -0.4 is 4.31 Å². The Labute approximate surface area is 169 Å². The van der Waals surface area contributed by atoms with Crippen molar-refractivity contribution in [3.05, 3.63) is 59.2 Å². The van der Waals surface area contributed by atoms with E-state index in [1.165, 1.54) is 29.7 Å². The molecule has 0 saturated carbocycles. The number of hydrogen-bond acceptors (Lipinski definition) is 6. The second-order valence-corrected chi connectivity index (χ2v) is 8.19. The first kappa shape index (κ1) is 19.5. The van der Waals surface area contributed by atoms with Gasteiger partial charge in [0, 0.05) is 17.4 Å². The van der Waals surface area contributed by atoms with Crippen LogP contribution in [0.5, 0.6) is 0 Å². The Kier molecular flexibility index (Phi) is 5.33. The van der Waals surface area contributed by atoms with Gasteiger partial charge in [0.2, 0.25) is 5.89 Å². The van der Waals surface area contributed by atoms with Gasteiger partial charge in [0.05, 0.1) is 28.0 Å². The molecule has 0 saturated heterocycles. The number of alkyl halides is 2. The molecule has 0 radical (unpaired) electrons. The minimum absolute atomic E-state index is 0.0473. The third-order valence-corrected chi connectivity index (χ3v) is 5.91. The van der Waals surface area contributed by atoms with Crippen molar-refractivity contribution in [1.29, 1.82) is 0 Å². The van der Waals surface area contributed by atoms with Crippen molar-refractivity contribution in [2.45, 2.75) is 13.0 Å². The van der Waals surface area contributed by atoms with Crippen LogP contribution in [0.4, 0.5) is 18.9 Å². The number of aromatic nitrogens is 3. The standard InChI is InChI=1S/C18H13F3N4O2S2/c1-29(26)25(12-4-5-14-15(7-12)28-9-22-14)8-11-3-2-10(6-13(11)19)17-23-24-18(27-17)16(20)21/h2-7,9,16H,8H2,1H3. The largest absolute Gasteiger partial charge is 0.415 e. The molecule has 2 aromatic carbocycles. The molecule has 29 heavy (non-hydrogen) atoms. The molecule has 11 heteroatoms. The maximum absolute atomic E-state index is 14.7. The summed E-state index contributed by atoms with van der Waals surface area (Å²) in [6.07, 6.45) is -1.39. The highest BCUT2D eigenvalue weighted by molar-refractivity contribution is 7.85. The van der Waals surface area contributed by atoms with E-state index in [0.717, 1.165) is 16.3 Å². The molecular weight excluding hydrogens is 425 g/mol. The molecule has 0 N–H and O–H groups in total. The summed E-state index contributed by atoms with van der Waals surface area (Å²) in [7, 11) is -1.41. The quantitative estimate of drug-likeness (QED) is 0.436. The molecule has 150 valence electrons. The summed E-state index contributed by atoms with van der Waals surface area (Å²) in [6.45, 7) is 0.0473. The van der Waals surface area contributed by atoms with Gasteiger partial charge in [0.1, 0.15) is 16.8 Å². The number of thiazole rings is 1. The van der Waals surface area contributed by atoms with Crippen LogP contribution in [0.25, 0.3) is 21.7 Å². The number of rotatable bonds is 6. The lowest BCUT2D eigenvalue weighted by atomic mass is 10.1. The normalized spacial score (nSPS) is 12.6. The Balaban J connectivity index is 1.61. The summed E-state index contributed by atoms with van der Waals surface area (Å²) >= 11 is 1.46. The second kappa shape index (κ2) is 7.91. The Bertz CT molecular complexity index is 1190. The van der Waals surface area contributed by atoms with Gasteiger partial charge in [-0.05, 0) is 30.3 Å².